The second-order valence-electron chi connectivity index (χ2n) is 9.18. The van der Waals surface area contributed by atoms with Gasteiger partial charge in [0.2, 0.25) is 5.91 Å². The Morgan fingerprint density at radius 2 is 1.61 bits per heavy atom. The number of hydrogen-bond donors (Lipinski definition) is 3. The molecule has 0 spiro atoms. The van der Waals surface area contributed by atoms with E-state index in [9.17, 15) is 19.5 Å². The number of alkyl carbamates (subject to hydrolysis) is 1. The number of amides is 2. The minimum atomic E-state index is -1.06. The average Bonchev–Trinajstić information content (AvgIpc) is 3.38. The third-order valence-electron chi connectivity index (χ3n) is 6.73. The predicted molar refractivity (Wildman–Crippen MR) is 124 cm³/mol. The largest absolute Gasteiger partial charge is 0.480 e. The molecule has 1 saturated carbocycles. The van der Waals surface area contributed by atoms with Crippen LogP contribution in [0.5, 0.6) is 0 Å². The lowest BCUT2D eigenvalue weighted by molar-refractivity contribution is -0.143. The van der Waals surface area contributed by atoms with Crippen molar-refractivity contribution in [3.8, 4) is 11.1 Å². The van der Waals surface area contributed by atoms with Crippen LogP contribution in [0, 0.1) is 11.8 Å². The van der Waals surface area contributed by atoms with Gasteiger partial charge in [-0.2, -0.15) is 0 Å². The summed E-state index contributed by atoms with van der Waals surface area (Å²) in [6, 6.07) is 14.9. The zero-order valence-corrected chi connectivity index (χ0v) is 18.9. The molecule has 3 N–H and O–H groups in total. The number of rotatable bonds is 7. The molecule has 7 nitrogen and oxygen atoms in total. The number of carboxylic acids is 1. The lowest BCUT2D eigenvalue weighted by atomic mass is 9.98. The average molecular weight is 451 g/mol. The summed E-state index contributed by atoms with van der Waals surface area (Å²) < 4.78 is 5.61. The maximum Gasteiger partial charge on any atom is 0.407 e. The van der Waals surface area contributed by atoms with Crippen molar-refractivity contribution in [3.05, 3.63) is 59.7 Å². The molecule has 2 aliphatic rings. The fourth-order valence-corrected chi connectivity index (χ4v) is 5.01. The maximum atomic E-state index is 12.7. The summed E-state index contributed by atoms with van der Waals surface area (Å²) in [5.74, 6) is -2.13. The first-order chi connectivity index (χ1) is 15.9. The van der Waals surface area contributed by atoms with E-state index in [0.717, 1.165) is 28.7 Å². The molecule has 0 bridgehead atoms. The molecule has 0 radical (unpaired) electrons. The van der Waals surface area contributed by atoms with Gasteiger partial charge in [-0.3, -0.25) is 4.79 Å². The first kappa shape index (κ1) is 22.8. The van der Waals surface area contributed by atoms with Crippen LogP contribution in [0.3, 0.4) is 0 Å². The van der Waals surface area contributed by atoms with E-state index in [0.29, 0.717) is 12.8 Å². The second kappa shape index (κ2) is 9.65. The van der Waals surface area contributed by atoms with Gasteiger partial charge in [-0.25, -0.2) is 9.59 Å². The van der Waals surface area contributed by atoms with Crippen LogP contribution in [0.4, 0.5) is 4.79 Å². The van der Waals surface area contributed by atoms with E-state index < -0.39 is 24.0 Å². The molecule has 174 valence electrons. The van der Waals surface area contributed by atoms with E-state index in [-0.39, 0.29) is 30.4 Å². The Bertz CT molecular complexity index is 1000. The molecule has 0 saturated heterocycles. The van der Waals surface area contributed by atoms with Gasteiger partial charge in [-0.05, 0) is 41.0 Å². The van der Waals surface area contributed by atoms with Crippen molar-refractivity contribution in [2.24, 2.45) is 11.8 Å². The second-order valence-corrected chi connectivity index (χ2v) is 9.18. The molecule has 2 amide bonds. The summed E-state index contributed by atoms with van der Waals surface area (Å²) in [4.78, 5) is 36.8. The molecule has 0 aromatic heterocycles. The van der Waals surface area contributed by atoms with Gasteiger partial charge in [-0.15, -0.1) is 0 Å². The van der Waals surface area contributed by atoms with E-state index >= 15 is 0 Å². The van der Waals surface area contributed by atoms with Crippen molar-refractivity contribution in [3.63, 3.8) is 0 Å². The number of ether oxygens (including phenoxy) is 1. The highest BCUT2D eigenvalue weighted by Crippen LogP contribution is 2.44. The lowest BCUT2D eigenvalue weighted by Crippen LogP contribution is -2.50. The van der Waals surface area contributed by atoms with Crippen LogP contribution in [-0.2, 0) is 14.3 Å². The summed E-state index contributed by atoms with van der Waals surface area (Å²) in [7, 11) is 0. The molecule has 2 aliphatic carbocycles. The minimum absolute atomic E-state index is 0.0341. The van der Waals surface area contributed by atoms with Crippen LogP contribution < -0.4 is 10.6 Å². The number of benzene rings is 2. The molecule has 0 heterocycles. The monoisotopic (exact) mass is 450 g/mol. The summed E-state index contributed by atoms with van der Waals surface area (Å²) >= 11 is 0. The van der Waals surface area contributed by atoms with Crippen molar-refractivity contribution >= 4 is 18.0 Å². The predicted octanol–water partition coefficient (Wildman–Crippen LogP) is 3.92. The number of nitrogens with one attached hydrogen (secondary N) is 2. The van der Waals surface area contributed by atoms with Crippen LogP contribution in [0.1, 0.15) is 50.2 Å². The van der Waals surface area contributed by atoms with Crippen LogP contribution >= 0.6 is 0 Å². The normalized spacial score (nSPS) is 20.1. The minimum Gasteiger partial charge on any atom is -0.480 e. The molecule has 1 fully saturated rings. The Kier molecular flexibility index (Phi) is 6.67. The van der Waals surface area contributed by atoms with Crippen LogP contribution in [0.25, 0.3) is 11.1 Å². The van der Waals surface area contributed by atoms with Crippen molar-refractivity contribution in [2.75, 3.05) is 6.61 Å². The number of carbonyl (C=O) groups excluding carboxylic acids is 2. The Morgan fingerprint density at radius 1 is 1.00 bits per heavy atom. The zero-order chi connectivity index (χ0) is 23.5. The van der Waals surface area contributed by atoms with Gasteiger partial charge >= 0.3 is 12.1 Å². The molecule has 0 unspecified atom stereocenters. The highest BCUT2D eigenvalue weighted by molar-refractivity contribution is 5.86. The molecule has 2 aromatic carbocycles. The Morgan fingerprint density at radius 3 is 2.18 bits per heavy atom. The van der Waals surface area contributed by atoms with Gasteiger partial charge in [0.15, 0.2) is 0 Å². The molecule has 2 aromatic rings. The number of fused-ring (bicyclic) bond motifs is 3. The Hall–Kier alpha value is -3.35. The highest BCUT2D eigenvalue weighted by Gasteiger charge is 2.37. The van der Waals surface area contributed by atoms with Crippen LogP contribution in [-0.4, -0.2) is 41.8 Å². The summed E-state index contributed by atoms with van der Waals surface area (Å²) in [6.07, 6.45) is 1.48. The van der Waals surface area contributed by atoms with Gasteiger partial charge in [-0.1, -0.05) is 68.8 Å². The van der Waals surface area contributed by atoms with E-state index in [2.05, 4.69) is 34.9 Å². The third-order valence-corrected chi connectivity index (χ3v) is 6.73. The fraction of sp³-hybridized carbons (Fsp3) is 0.423. The number of aliphatic carboxylic acids is 1. The SMILES string of the molecule is CC(C)[C@H](NC(=O)[C@@H]1CCC[C@@H]1NC(=O)OCC1c2ccccc2-c2ccccc21)C(=O)O. The van der Waals surface area contributed by atoms with Gasteiger partial charge in [0, 0.05) is 12.0 Å². The van der Waals surface area contributed by atoms with Crippen molar-refractivity contribution in [2.45, 2.75) is 51.1 Å². The van der Waals surface area contributed by atoms with Crippen molar-refractivity contribution in [1.82, 2.24) is 10.6 Å². The standard InChI is InChI=1S/C26H30N2O5/c1-15(2)23(25(30)31)28-24(29)20-12-7-13-22(20)27-26(32)33-14-21-18-10-5-3-8-16(18)17-9-4-6-11-19(17)21/h3-6,8-11,15,20-23H,7,12-14H2,1-2H3,(H,27,32)(H,28,29)(H,30,31)/t20-,22+,23+/m1/s1. The fourth-order valence-electron chi connectivity index (χ4n) is 5.01. The van der Waals surface area contributed by atoms with Crippen LogP contribution in [0.2, 0.25) is 0 Å². The number of carbonyl (C=O) groups is 3. The van der Waals surface area contributed by atoms with Gasteiger partial charge in [0.1, 0.15) is 12.6 Å². The molecular formula is C26H30N2O5. The first-order valence-corrected chi connectivity index (χ1v) is 11.5. The zero-order valence-electron chi connectivity index (χ0n) is 18.9. The molecule has 7 heteroatoms. The number of carboxylic acid groups (broad SMARTS) is 1. The first-order valence-electron chi connectivity index (χ1n) is 11.5. The summed E-state index contributed by atoms with van der Waals surface area (Å²) in [5.41, 5.74) is 4.59. The lowest BCUT2D eigenvalue weighted by Gasteiger charge is -2.24. The van der Waals surface area contributed by atoms with E-state index in [1.807, 2.05) is 24.3 Å². The molecule has 33 heavy (non-hydrogen) atoms. The third kappa shape index (κ3) is 4.72. The van der Waals surface area contributed by atoms with Crippen molar-refractivity contribution in [1.29, 1.82) is 0 Å². The molecule has 0 aliphatic heterocycles. The number of hydrogen-bond acceptors (Lipinski definition) is 4. The molecular weight excluding hydrogens is 420 g/mol. The Labute approximate surface area is 193 Å². The summed E-state index contributed by atoms with van der Waals surface area (Å²) in [6.45, 7) is 3.71. The van der Waals surface area contributed by atoms with E-state index in [1.54, 1.807) is 13.8 Å². The summed E-state index contributed by atoms with van der Waals surface area (Å²) in [5, 5.41) is 14.8. The van der Waals surface area contributed by atoms with Crippen LogP contribution in [0.15, 0.2) is 48.5 Å². The van der Waals surface area contributed by atoms with Gasteiger partial charge in [0.25, 0.3) is 0 Å². The van der Waals surface area contributed by atoms with E-state index in [4.69, 9.17) is 4.74 Å². The van der Waals surface area contributed by atoms with Gasteiger partial charge < -0.3 is 20.5 Å². The molecule has 3 atom stereocenters. The highest BCUT2D eigenvalue weighted by atomic mass is 16.5. The molecule has 4 rings (SSSR count). The van der Waals surface area contributed by atoms with Crippen molar-refractivity contribution < 1.29 is 24.2 Å². The van der Waals surface area contributed by atoms with E-state index in [1.165, 1.54) is 0 Å². The Balaban J connectivity index is 1.37. The maximum absolute atomic E-state index is 12.7. The smallest absolute Gasteiger partial charge is 0.407 e. The topological polar surface area (TPSA) is 105 Å². The van der Waals surface area contributed by atoms with Gasteiger partial charge in [0.05, 0.1) is 5.92 Å². The quantitative estimate of drug-likeness (QED) is 0.593.